The normalized spacial score (nSPS) is 16.4. The Morgan fingerprint density at radius 2 is 1.91 bits per heavy atom. The lowest BCUT2D eigenvalue weighted by Gasteiger charge is -2.21. The highest BCUT2D eigenvalue weighted by Crippen LogP contribution is 2.17. The quantitative estimate of drug-likeness (QED) is 0.816. The van der Waals surface area contributed by atoms with Crippen LogP contribution in [0.4, 0.5) is 9.18 Å². The molecule has 1 fully saturated rings. The fourth-order valence-corrected chi connectivity index (χ4v) is 2.73. The van der Waals surface area contributed by atoms with Crippen molar-refractivity contribution >= 4 is 6.03 Å². The molecule has 1 aliphatic rings. The van der Waals surface area contributed by atoms with Gasteiger partial charge in [0.15, 0.2) is 0 Å². The van der Waals surface area contributed by atoms with Gasteiger partial charge in [-0.05, 0) is 25.0 Å². The van der Waals surface area contributed by atoms with Crippen molar-refractivity contribution in [1.29, 1.82) is 0 Å². The van der Waals surface area contributed by atoms with E-state index in [2.05, 4.69) is 10.6 Å². The first kappa shape index (κ1) is 16.6. The number of urea groups is 1. The van der Waals surface area contributed by atoms with Crippen LogP contribution in [-0.4, -0.2) is 25.2 Å². The lowest BCUT2D eigenvalue weighted by atomic mass is 9.97. The highest BCUT2D eigenvalue weighted by Gasteiger charge is 2.13. The summed E-state index contributed by atoms with van der Waals surface area (Å²) in [5.41, 5.74) is 0. The van der Waals surface area contributed by atoms with Crippen LogP contribution in [0.1, 0.15) is 44.9 Å². The second kappa shape index (κ2) is 9.28. The molecule has 0 spiro atoms. The van der Waals surface area contributed by atoms with E-state index in [1.807, 2.05) is 0 Å². The molecule has 22 heavy (non-hydrogen) atoms. The van der Waals surface area contributed by atoms with Crippen LogP contribution in [0.25, 0.3) is 0 Å². The van der Waals surface area contributed by atoms with Gasteiger partial charge in [-0.3, -0.25) is 0 Å². The third-order valence-electron chi connectivity index (χ3n) is 3.89. The summed E-state index contributed by atoms with van der Waals surface area (Å²) in [4.78, 5) is 11.8. The maximum Gasteiger partial charge on any atom is 0.315 e. The summed E-state index contributed by atoms with van der Waals surface area (Å²) < 4.78 is 18.3. The summed E-state index contributed by atoms with van der Waals surface area (Å²) in [6.45, 7) is 0.719. The number of rotatable bonds is 5. The predicted molar refractivity (Wildman–Crippen MR) is 84.5 cm³/mol. The van der Waals surface area contributed by atoms with Crippen LogP contribution in [0.2, 0.25) is 0 Å². The summed E-state index contributed by atoms with van der Waals surface area (Å²) in [6, 6.07) is 6.12. The first-order chi connectivity index (χ1) is 10.7. The average molecular weight is 308 g/mol. The SMILES string of the molecule is O=C(NCCOc1cccc(F)c1)NC1CCCCCCC1. The number of hydrogen-bond donors (Lipinski definition) is 2. The fraction of sp³-hybridized carbons (Fsp3) is 0.588. The van der Waals surface area contributed by atoms with E-state index >= 15 is 0 Å². The van der Waals surface area contributed by atoms with Crippen molar-refractivity contribution < 1.29 is 13.9 Å². The molecule has 0 unspecified atom stereocenters. The van der Waals surface area contributed by atoms with E-state index in [-0.39, 0.29) is 17.9 Å². The van der Waals surface area contributed by atoms with Crippen molar-refractivity contribution in [2.45, 2.75) is 51.0 Å². The minimum absolute atomic E-state index is 0.145. The van der Waals surface area contributed by atoms with Crippen molar-refractivity contribution in [1.82, 2.24) is 10.6 Å². The molecule has 2 amide bonds. The topological polar surface area (TPSA) is 50.4 Å². The summed E-state index contributed by atoms with van der Waals surface area (Å²) in [6.07, 6.45) is 8.35. The van der Waals surface area contributed by atoms with Crippen molar-refractivity contribution in [3.63, 3.8) is 0 Å². The third kappa shape index (κ3) is 6.33. The molecule has 0 radical (unpaired) electrons. The van der Waals surface area contributed by atoms with Crippen LogP contribution in [0.5, 0.6) is 5.75 Å². The monoisotopic (exact) mass is 308 g/mol. The lowest BCUT2D eigenvalue weighted by molar-refractivity contribution is 0.229. The number of carbonyl (C=O) groups excluding carboxylic acids is 1. The molecule has 1 aromatic rings. The van der Waals surface area contributed by atoms with Gasteiger partial charge in [-0.15, -0.1) is 0 Å². The van der Waals surface area contributed by atoms with Crippen molar-refractivity contribution in [3.8, 4) is 5.75 Å². The third-order valence-corrected chi connectivity index (χ3v) is 3.89. The summed E-state index contributed by atoms with van der Waals surface area (Å²) in [5.74, 6) is 0.148. The number of benzene rings is 1. The zero-order valence-electron chi connectivity index (χ0n) is 12.9. The largest absolute Gasteiger partial charge is 0.492 e. The van der Waals surface area contributed by atoms with Gasteiger partial charge in [0.05, 0.1) is 6.54 Å². The maximum absolute atomic E-state index is 13.0. The summed E-state index contributed by atoms with van der Waals surface area (Å²) in [7, 11) is 0. The average Bonchev–Trinajstić information content (AvgIpc) is 2.46. The second-order valence-corrected chi connectivity index (χ2v) is 5.75. The smallest absolute Gasteiger partial charge is 0.315 e. The number of carbonyl (C=O) groups is 1. The van der Waals surface area contributed by atoms with Gasteiger partial charge in [0.25, 0.3) is 0 Å². The molecule has 0 aliphatic heterocycles. The van der Waals surface area contributed by atoms with Gasteiger partial charge in [0.2, 0.25) is 0 Å². The van der Waals surface area contributed by atoms with E-state index in [1.54, 1.807) is 12.1 Å². The zero-order valence-corrected chi connectivity index (χ0v) is 12.9. The Labute approximate surface area is 131 Å². The number of nitrogens with one attached hydrogen (secondary N) is 2. The minimum Gasteiger partial charge on any atom is -0.492 e. The minimum atomic E-state index is -0.326. The molecule has 2 N–H and O–H groups in total. The number of hydrogen-bond acceptors (Lipinski definition) is 2. The molecule has 0 heterocycles. The van der Waals surface area contributed by atoms with E-state index in [1.165, 1.54) is 44.2 Å². The summed E-state index contributed by atoms with van der Waals surface area (Å²) in [5, 5.41) is 5.81. The van der Waals surface area contributed by atoms with E-state index in [0.717, 1.165) is 12.8 Å². The Morgan fingerprint density at radius 3 is 2.64 bits per heavy atom. The second-order valence-electron chi connectivity index (χ2n) is 5.75. The molecule has 0 bridgehead atoms. The molecule has 0 atom stereocenters. The molecule has 2 rings (SSSR count). The zero-order chi connectivity index (χ0) is 15.6. The molecule has 1 aliphatic carbocycles. The Bertz CT molecular complexity index is 460. The molecule has 0 aromatic heterocycles. The van der Waals surface area contributed by atoms with Gasteiger partial charge < -0.3 is 15.4 Å². The van der Waals surface area contributed by atoms with Crippen LogP contribution in [0.15, 0.2) is 24.3 Å². The highest BCUT2D eigenvalue weighted by atomic mass is 19.1. The molecule has 122 valence electrons. The van der Waals surface area contributed by atoms with E-state index in [4.69, 9.17) is 4.74 Å². The van der Waals surface area contributed by atoms with E-state index < -0.39 is 0 Å². The summed E-state index contributed by atoms with van der Waals surface area (Å²) >= 11 is 0. The molecule has 4 nitrogen and oxygen atoms in total. The standard InChI is InChI=1S/C17H25FN2O2/c18-14-7-6-10-16(13-14)22-12-11-19-17(21)20-15-8-4-2-1-3-5-9-15/h6-7,10,13,15H,1-5,8-9,11-12H2,(H2,19,20,21). The molecule has 1 aromatic carbocycles. The Balaban J connectivity index is 1.60. The molecule has 0 saturated heterocycles. The van der Waals surface area contributed by atoms with Gasteiger partial charge in [-0.2, -0.15) is 0 Å². The highest BCUT2D eigenvalue weighted by molar-refractivity contribution is 5.74. The first-order valence-electron chi connectivity index (χ1n) is 8.17. The van der Waals surface area contributed by atoms with Gasteiger partial charge in [-0.1, -0.05) is 38.2 Å². The predicted octanol–water partition coefficient (Wildman–Crippen LogP) is 3.62. The molecular formula is C17H25FN2O2. The Kier molecular flexibility index (Phi) is 7.00. The van der Waals surface area contributed by atoms with Gasteiger partial charge in [0, 0.05) is 12.1 Å². The van der Waals surface area contributed by atoms with Crippen LogP contribution < -0.4 is 15.4 Å². The van der Waals surface area contributed by atoms with Crippen molar-refractivity contribution in [3.05, 3.63) is 30.1 Å². The van der Waals surface area contributed by atoms with Crippen LogP contribution in [0.3, 0.4) is 0 Å². The maximum atomic E-state index is 13.0. The van der Waals surface area contributed by atoms with Crippen molar-refractivity contribution in [2.75, 3.05) is 13.2 Å². The fourth-order valence-electron chi connectivity index (χ4n) is 2.73. The molecule has 5 heteroatoms. The Morgan fingerprint density at radius 1 is 1.18 bits per heavy atom. The Hall–Kier alpha value is -1.78. The number of halogens is 1. The van der Waals surface area contributed by atoms with Crippen molar-refractivity contribution in [2.24, 2.45) is 0 Å². The van der Waals surface area contributed by atoms with Gasteiger partial charge >= 0.3 is 6.03 Å². The molecular weight excluding hydrogens is 283 g/mol. The lowest BCUT2D eigenvalue weighted by Crippen LogP contribution is -2.43. The van der Waals surface area contributed by atoms with Crippen LogP contribution in [-0.2, 0) is 0 Å². The van der Waals surface area contributed by atoms with Gasteiger partial charge in [0.1, 0.15) is 18.2 Å². The van der Waals surface area contributed by atoms with Crippen LogP contribution in [0, 0.1) is 5.82 Å². The van der Waals surface area contributed by atoms with Gasteiger partial charge in [-0.25, -0.2) is 9.18 Å². The van der Waals surface area contributed by atoms with Crippen LogP contribution >= 0.6 is 0 Å². The van der Waals surface area contributed by atoms with E-state index in [9.17, 15) is 9.18 Å². The number of ether oxygens (including phenoxy) is 1. The molecule has 1 saturated carbocycles. The number of amides is 2. The first-order valence-corrected chi connectivity index (χ1v) is 8.17. The van der Waals surface area contributed by atoms with E-state index in [0.29, 0.717) is 18.9 Å².